The SMILES string of the molecule is COC(=O)CNC(=O)c1nc2nc(C)cc(C)n2n1. The summed E-state index contributed by atoms with van der Waals surface area (Å²) in [6.07, 6.45) is 0. The van der Waals surface area contributed by atoms with E-state index in [1.165, 1.54) is 11.6 Å². The monoisotopic (exact) mass is 263 g/mol. The van der Waals surface area contributed by atoms with E-state index in [1.807, 2.05) is 19.9 Å². The van der Waals surface area contributed by atoms with Gasteiger partial charge >= 0.3 is 5.97 Å². The summed E-state index contributed by atoms with van der Waals surface area (Å²) in [6, 6.07) is 1.83. The summed E-state index contributed by atoms with van der Waals surface area (Å²) < 4.78 is 5.89. The Morgan fingerprint density at radius 1 is 1.37 bits per heavy atom. The van der Waals surface area contributed by atoms with Crippen LogP contribution in [0.15, 0.2) is 6.07 Å². The van der Waals surface area contributed by atoms with Crippen LogP contribution in [0.4, 0.5) is 0 Å². The molecule has 2 aromatic heterocycles. The van der Waals surface area contributed by atoms with Crippen LogP contribution in [0.5, 0.6) is 0 Å². The zero-order chi connectivity index (χ0) is 14.0. The third kappa shape index (κ3) is 2.67. The minimum atomic E-state index is -0.548. The highest BCUT2D eigenvalue weighted by Crippen LogP contribution is 2.05. The standard InChI is InChI=1S/C11H13N5O3/c1-6-4-7(2)16-11(13-6)14-9(15-16)10(18)12-5-8(17)19-3/h4H,5H2,1-3H3,(H,12,18). The number of esters is 1. The second-order valence-electron chi connectivity index (χ2n) is 3.94. The summed E-state index contributed by atoms with van der Waals surface area (Å²) in [5, 5.41) is 6.40. The molecule has 1 N–H and O–H groups in total. The topological polar surface area (TPSA) is 98.5 Å². The molecule has 0 bridgehead atoms. The average molecular weight is 263 g/mol. The Bertz CT molecular complexity index is 649. The van der Waals surface area contributed by atoms with E-state index >= 15 is 0 Å². The van der Waals surface area contributed by atoms with Gasteiger partial charge in [0.15, 0.2) is 0 Å². The summed E-state index contributed by atoms with van der Waals surface area (Å²) in [4.78, 5) is 30.9. The Morgan fingerprint density at radius 3 is 2.79 bits per heavy atom. The van der Waals surface area contributed by atoms with Crippen molar-refractivity contribution in [2.45, 2.75) is 13.8 Å². The van der Waals surface area contributed by atoms with Gasteiger partial charge in [0.25, 0.3) is 11.7 Å². The van der Waals surface area contributed by atoms with Gasteiger partial charge in [-0.3, -0.25) is 9.59 Å². The molecule has 2 aromatic rings. The second kappa shape index (κ2) is 5.01. The Hall–Kier alpha value is -2.51. The van der Waals surface area contributed by atoms with Crippen molar-refractivity contribution in [2.24, 2.45) is 0 Å². The number of ether oxygens (including phenoxy) is 1. The summed E-state index contributed by atoms with van der Waals surface area (Å²) >= 11 is 0. The van der Waals surface area contributed by atoms with E-state index in [1.54, 1.807) is 0 Å². The number of amides is 1. The van der Waals surface area contributed by atoms with Crippen LogP contribution in [0.2, 0.25) is 0 Å². The van der Waals surface area contributed by atoms with Gasteiger partial charge in [0.2, 0.25) is 5.82 Å². The van der Waals surface area contributed by atoms with E-state index < -0.39 is 11.9 Å². The molecule has 2 rings (SSSR count). The molecule has 0 aromatic carbocycles. The number of rotatable bonds is 3. The van der Waals surface area contributed by atoms with Crippen molar-refractivity contribution in [3.8, 4) is 0 Å². The molecule has 8 heteroatoms. The lowest BCUT2D eigenvalue weighted by molar-refractivity contribution is -0.139. The van der Waals surface area contributed by atoms with Gasteiger partial charge in [-0.25, -0.2) is 9.50 Å². The molecule has 19 heavy (non-hydrogen) atoms. The van der Waals surface area contributed by atoms with Crippen LogP contribution < -0.4 is 5.32 Å². The van der Waals surface area contributed by atoms with Crippen molar-refractivity contribution >= 4 is 17.7 Å². The lowest BCUT2D eigenvalue weighted by atomic mass is 10.4. The van der Waals surface area contributed by atoms with E-state index in [9.17, 15) is 9.59 Å². The third-order valence-electron chi connectivity index (χ3n) is 2.44. The van der Waals surface area contributed by atoms with Gasteiger partial charge in [-0.15, -0.1) is 5.10 Å². The van der Waals surface area contributed by atoms with Crippen LogP contribution >= 0.6 is 0 Å². The molecular weight excluding hydrogens is 250 g/mol. The van der Waals surface area contributed by atoms with Gasteiger partial charge in [0, 0.05) is 11.4 Å². The number of nitrogens with one attached hydrogen (secondary N) is 1. The fraction of sp³-hybridized carbons (Fsp3) is 0.364. The Labute approximate surface area is 108 Å². The maximum atomic E-state index is 11.7. The number of hydrogen-bond donors (Lipinski definition) is 1. The molecule has 0 atom stereocenters. The number of hydrogen-bond acceptors (Lipinski definition) is 6. The fourth-order valence-electron chi connectivity index (χ4n) is 1.57. The first kappa shape index (κ1) is 12.9. The molecule has 0 aliphatic carbocycles. The van der Waals surface area contributed by atoms with Gasteiger partial charge in [0.05, 0.1) is 7.11 Å². The van der Waals surface area contributed by atoms with Crippen LogP contribution in [0, 0.1) is 13.8 Å². The number of aromatic nitrogens is 4. The first-order valence-electron chi connectivity index (χ1n) is 5.57. The highest BCUT2D eigenvalue weighted by molar-refractivity contribution is 5.92. The minimum absolute atomic E-state index is 0.0369. The average Bonchev–Trinajstić information content (AvgIpc) is 2.79. The van der Waals surface area contributed by atoms with E-state index in [4.69, 9.17) is 0 Å². The molecule has 0 aliphatic heterocycles. The predicted molar refractivity (Wildman–Crippen MR) is 64.6 cm³/mol. The van der Waals surface area contributed by atoms with Gasteiger partial charge < -0.3 is 10.1 Å². The molecule has 0 unspecified atom stereocenters. The molecular formula is C11H13N5O3. The van der Waals surface area contributed by atoms with Crippen molar-refractivity contribution in [1.29, 1.82) is 0 Å². The summed E-state index contributed by atoms with van der Waals surface area (Å²) in [7, 11) is 1.24. The van der Waals surface area contributed by atoms with Crippen molar-refractivity contribution in [3.63, 3.8) is 0 Å². The molecule has 8 nitrogen and oxygen atoms in total. The van der Waals surface area contributed by atoms with Crippen LogP contribution in [0.25, 0.3) is 5.78 Å². The lowest BCUT2D eigenvalue weighted by Crippen LogP contribution is -2.30. The highest BCUT2D eigenvalue weighted by atomic mass is 16.5. The van der Waals surface area contributed by atoms with Crippen molar-refractivity contribution in [3.05, 3.63) is 23.3 Å². The Kier molecular flexibility index (Phi) is 3.41. The van der Waals surface area contributed by atoms with Gasteiger partial charge in [-0.2, -0.15) is 4.98 Å². The molecule has 1 amide bonds. The quantitative estimate of drug-likeness (QED) is 0.759. The molecule has 100 valence electrons. The van der Waals surface area contributed by atoms with Crippen LogP contribution in [0.1, 0.15) is 22.0 Å². The molecule has 2 heterocycles. The number of fused-ring (bicyclic) bond motifs is 1. The molecule has 0 spiro atoms. The largest absolute Gasteiger partial charge is 0.468 e. The van der Waals surface area contributed by atoms with E-state index in [0.717, 1.165) is 11.4 Å². The van der Waals surface area contributed by atoms with Crippen LogP contribution in [0.3, 0.4) is 0 Å². The Balaban J connectivity index is 2.24. The van der Waals surface area contributed by atoms with E-state index in [2.05, 4.69) is 25.1 Å². The zero-order valence-electron chi connectivity index (χ0n) is 10.8. The molecule has 0 saturated carbocycles. The van der Waals surface area contributed by atoms with Gasteiger partial charge in [-0.05, 0) is 19.9 Å². The number of methoxy groups -OCH3 is 1. The molecule has 0 radical (unpaired) electrons. The normalized spacial score (nSPS) is 10.5. The number of nitrogens with zero attached hydrogens (tertiary/aromatic N) is 4. The van der Waals surface area contributed by atoms with E-state index in [0.29, 0.717) is 5.78 Å². The summed E-state index contributed by atoms with van der Waals surface area (Å²) in [5.74, 6) is -0.777. The predicted octanol–water partition coefficient (Wildman–Crippen LogP) is -0.356. The van der Waals surface area contributed by atoms with Gasteiger partial charge in [0.1, 0.15) is 6.54 Å². The summed E-state index contributed by atoms with van der Waals surface area (Å²) in [5.41, 5.74) is 1.61. The number of carbonyl (C=O) groups is 2. The van der Waals surface area contributed by atoms with Crippen LogP contribution in [-0.4, -0.2) is 45.1 Å². The van der Waals surface area contributed by atoms with Gasteiger partial charge in [-0.1, -0.05) is 0 Å². The maximum absolute atomic E-state index is 11.7. The highest BCUT2D eigenvalue weighted by Gasteiger charge is 2.15. The first-order valence-corrected chi connectivity index (χ1v) is 5.57. The molecule has 0 fully saturated rings. The molecule has 0 saturated heterocycles. The summed E-state index contributed by atoms with van der Waals surface area (Å²) in [6.45, 7) is 3.45. The smallest absolute Gasteiger partial charge is 0.325 e. The fourth-order valence-corrected chi connectivity index (χ4v) is 1.57. The molecule has 0 aliphatic rings. The second-order valence-corrected chi connectivity index (χ2v) is 3.94. The van der Waals surface area contributed by atoms with Crippen molar-refractivity contribution < 1.29 is 14.3 Å². The first-order chi connectivity index (χ1) is 9.01. The third-order valence-corrected chi connectivity index (χ3v) is 2.44. The zero-order valence-corrected chi connectivity index (χ0v) is 10.8. The van der Waals surface area contributed by atoms with Crippen molar-refractivity contribution in [2.75, 3.05) is 13.7 Å². The Morgan fingerprint density at radius 2 is 2.11 bits per heavy atom. The maximum Gasteiger partial charge on any atom is 0.325 e. The minimum Gasteiger partial charge on any atom is -0.468 e. The van der Waals surface area contributed by atoms with E-state index in [-0.39, 0.29) is 12.4 Å². The van der Waals surface area contributed by atoms with Crippen LogP contribution in [-0.2, 0) is 9.53 Å². The lowest BCUT2D eigenvalue weighted by Gasteiger charge is -1.99. The number of aryl methyl sites for hydroxylation is 2. The van der Waals surface area contributed by atoms with Crippen molar-refractivity contribution in [1.82, 2.24) is 24.9 Å². The number of carbonyl (C=O) groups excluding carboxylic acids is 2.